The van der Waals surface area contributed by atoms with Crippen LogP contribution in [0.1, 0.15) is 27.8 Å². The van der Waals surface area contributed by atoms with Crippen LogP contribution < -0.4 is 0 Å². The second-order valence-corrected chi connectivity index (χ2v) is 4.81. The maximum absolute atomic E-state index is 12.4. The van der Waals surface area contributed by atoms with Crippen molar-refractivity contribution in [2.75, 3.05) is 0 Å². The smallest absolute Gasteiger partial charge is 0.284 e. The zero-order valence-electron chi connectivity index (χ0n) is 10.4. The summed E-state index contributed by atoms with van der Waals surface area (Å²) in [7, 11) is 0. The van der Waals surface area contributed by atoms with Gasteiger partial charge >= 0.3 is 0 Å². The minimum atomic E-state index is -0.581. The summed E-state index contributed by atoms with van der Waals surface area (Å²) in [6.07, 6.45) is 1.45. The number of nitrogens with zero attached hydrogens (tertiary/aromatic N) is 2. The summed E-state index contributed by atoms with van der Waals surface area (Å²) in [6, 6.07) is 7.27. The first kappa shape index (κ1) is 14.1. The Labute approximate surface area is 122 Å². The van der Waals surface area contributed by atoms with E-state index in [0.29, 0.717) is 0 Å². The molecule has 0 radical (unpaired) electrons. The predicted octanol–water partition coefficient (Wildman–Crippen LogP) is 3.05. The number of aromatic nitrogens is 1. The fourth-order valence-corrected chi connectivity index (χ4v) is 2.38. The van der Waals surface area contributed by atoms with Crippen LogP contribution in [-0.2, 0) is 0 Å². The van der Waals surface area contributed by atoms with Gasteiger partial charge < -0.3 is 0 Å². The molecule has 0 aliphatic heterocycles. The van der Waals surface area contributed by atoms with E-state index < -0.39 is 10.8 Å². The summed E-state index contributed by atoms with van der Waals surface area (Å²) < 4.78 is 1.27. The molecule has 20 heavy (non-hydrogen) atoms. The first-order chi connectivity index (χ1) is 9.43. The second-order valence-electron chi connectivity index (χ2n) is 4.02. The van der Waals surface area contributed by atoms with Crippen LogP contribution in [0.15, 0.2) is 41.0 Å². The van der Waals surface area contributed by atoms with Gasteiger partial charge in [-0.1, -0.05) is 6.07 Å². The number of ketones is 1. The first-order valence-electron chi connectivity index (χ1n) is 5.59. The van der Waals surface area contributed by atoms with Crippen LogP contribution in [0.2, 0.25) is 0 Å². The number of rotatable bonds is 3. The molecule has 0 spiro atoms. The number of carbonyl (C=O) groups is 2. The summed E-state index contributed by atoms with van der Waals surface area (Å²) in [5, 5.41) is 10.9. The maximum atomic E-state index is 12.4. The lowest BCUT2D eigenvalue weighted by molar-refractivity contribution is -0.385. The lowest BCUT2D eigenvalue weighted by Gasteiger charge is -2.07. The van der Waals surface area contributed by atoms with E-state index in [9.17, 15) is 19.7 Å². The van der Waals surface area contributed by atoms with E-state index in [1.807, 2.05) is 0 Å². The largest absolute Gasteiger partial charge is 0.293 e. The van der Waals surface area contributed by atoms with Crippen molar-refractivity contribution in [2.45, 2.75) is 6.92 Å². The van der Waals surface area contributed by atoms with E-state index in [0.717, 1.165) is 0 Å². The van der Waals surface area contributed by atoms with Gasteiger partial charge in [0.1, 0.15) is 4.47 Å². The molecule has 1 aromatic heterocycles. The Morgan fingerprint density at radius 1 is 1.25 bits per heavy atom. The Bertz CT molecular complexity index is 721. The number of benzene rings is 1. The standard InChI is InChI=1S/C13H9BrN2O4/c1-8(17)10-6-3-7-15(10)13(18)9-4-2-5-11(12(9)14)16(19)20/h2-7H,1H3. The molecular weight excluding hydrogens is 328 g/mol. The van der Waals surface area contributed by atoms with Gasteiger partial charge in [-0.05, 0) is 34.1 Å². The molecule has 2 rings (SSSR count). The van der Waals surface area contributed by atoms with Gasteiger partial charge in [0.15, 0.2) is 5.78 Å². The van der Waals surface area contributed by atoms with Crippen molar-refractivity contribution in [1.82, 2.24) is 4.57 Å². The van der Waals surface area contributed by atoms with Crippen molar-refractivity contribution < 1.29 is 14.5 Å². The molecule has 0 N–H and O–H groups in total. The minimum Gasteiger partial charge on any atom is -0.293 e. The highest BCUT2D eigenvalue weighted by molar-refractivity contribution is 9.10. The first-order valence-corrected chi connectivity index (χ1v) is 6.38. The highest BCUT2D eigenvalue weighted by Gasteiger charge is 2.22. The third-order valence-corrected chi connectivity index (χ3v) is 3.57. The zero-order valence-corrected chi connectivity index (χ0v) is 12.0. The molecule has 0 amide bonds. The van der Waals surface area contributed by atoms with E-state index in [2.05, 4.69) is 15.9 Å². The van der Waals surface area contributed by atoms with Gasteiger partial charge in [-0.15, -0.1) is 0 Å². The number of carbonyl (C=O) groups excluding carboxylic acids is 2. The molecule has 0 saturated heterocycles. The molecule has 0 aliphatic rings. The minimum absolute atomic E-state index is 0.0956. The van der Waals surface area contributed by atoms with Crippen LogP contribution >= 0.6 is 15.9 Å². The zero-order chi connectivity index (χ0) is 14.9. The molecule has 6 nitrogen and oxygen atoms in total. The fourth-order valence-electron chi connectivity index (χ4n) is 1.80. The third-order valence-electron chi connectivity index (χ3n) is 2.73. The number of nitro groups is 1. The summed E-state index contributed by atoms with van der Waals surface area (Å²) >= 11 is 3.07. The van der Waals surface area contributed by atoms with Crippen molar-refractivity contribution in [3.05, 3.63) is 62.4 Å². The van der Waals surface area contributed by atoms with Crippen molar-refractivity contribution in [2.24, 2.45) is 0 Å². The molecule has 1 heterocycles. The molecule has 0 fully saturated rings. The van der Waals surface area contributed by atoms with Crippen LogP contribution in [0.25, 0.3) is 0 Å². The topological polar surface area (TPSA) is 82.2 Å². The van der Waals surface area contributed by atoms with Crippen LogP contribution in [-0.4, -0.2) is 21.2 Å². The molecule has 102 valence electrons. The van der Waals surface area contributed by atoms with E-state index in [1.54, 1.807) is 6.07 Å². The van der Waals surface area contributed by atoms with E-state index in [1.165, 1.54) is 42.0 Å². The second kappa shape index (κ2) is 5.38. The molecule has 0 atom stereocenters. The molecule has 0 aliphatic carbocycles. The summed E-state index contributed by atoms with van der Waals surface area (Å²) in [6.45, 7) is 1.35. The Kier molecular flexibility index (Phi) is 3.80. The summed E-state index contributed by atoms with van der Waals surface area (Å²) in [5.74, 6) is -0.763. The number of hydrogen-bond acceptors (Lipinski definition) is 4. The molecule has 7 heteroatoms. The Hall–Kier alpha value is -2.28. The van der Waals surface area contributed by atoms with Crippen molar-refractivity contribution >= 4 is 33.3 Å². The predicted molar refractivity (Wildman–Crippen MR) is 75.0 cm³/mol. The van der Waals surface area contributed by atoms with Crippen molar-refractivity contribution in [3.63, 3.8) is 0 Å². The highest BCUT2D eigenvalue weighted by Crippen LogP contribution is 2.29. The molecule has 0 unspecified atom stereocenters. The molecule has 0 saturated carbocycles. The third kappa shape index (κ3) is 2.39. The van der Waals surface area contributed by atoms with Crippen LogP contribution in [0.4, 0.5) is 5.69 Å². The van der Waals surface area contributed by atoms with Crippen LogP contribution in [0.3, 0.4) is 0 Å². The summed E-state index contributed by atoms with van der Waals surface area (Å²) in [4.78, 5) is 34.1. The average Bonchev–Trinajstić information content (AvgIpc) is 2.87. The van der Waals surface area contributed by atoms with Gasteiger partial charge in [0.25, 0.3) is 11.6 Å². The van der Waals surface area contributed by atoms with Crippen molar-refractivity contribution in [3.8, 4) is 0 Å². The monoisotopic (exact) mass is 336 g/mol. The normalized spacial score (nSPS) is 10.3. The fraction of sp³-hybridized carbons (Fsp3) is 0.0769. The molecule has 2 aromatic rings. The van der Waals surface area contributed by atoms with Crippen molar-refractivity contribution in [1.29, 1.82) is 0 Å². The van der Waals surface area contributed by atoms with Gasteiger partial charge in [0.2, 0.25) is 0 Å². The van der Waals surface area contributed by atoms with Crippen LogP contribution in [0, 0.1) is 10.1 Å². The number of nitro benzene ring substituents is 1. The van der Waals surface area contributed by atoms with Gasteiger partial charge in [-0.3, -0.25) is 24.3 Å². The van der Waals surface area contributed by atoms with Gasteiger partial charge in [0, 0.05) is 19.2 Å². The van der Waals surface area contributed by atoms with Gasteiger partial charge in [-0.25, -0.2) is 0 Å². The number of halogens is 1. The Balaban J connectivity index is 2.54. The molecular formula is C13H9BrN2O4. The molecule has 1 aromatic carbocycles. The number of hydrogen-bond donors (Lipinski definition) is 0. The molecule has 0 bridgehead atoms. The van der Waals surface area contributed by atoms with Gasteiger partial charge in [-0.2, -0.15) is 0 Å². The Morgan fingerprint density at radius 3 is 2.55 bits per heavy atom. The van der Waals surface area contributed by atoms with Crippen LogP contribution in [0.5, 0.6) is 0 Å². The number of Topliss-reactive ketones (excluding diaryl/α,β-unsaturated/α-hetero) is 1. The van der Waals surface area contributed by atoms with Gasteiger partial charge in [0.05, 0.1) is 16.2 Å². The van der Waals surface area contributed by atoms with E-state index in [-0.39, 0.29) is 27.2 Å². The van der Waals surface area contributed by atoms with E-state index >= 15 is 0 Å². The average molecular weight is 337 g/mol. The summed E-state index contributed by atoms with van der Waals surface area (Å²) in [5.41, 5.74) is 0.152. The van der Waals surface area contributed by atoms with E-state index in [4.69, 9.17) is 0 Å². The lowest BCUT2D eigenvalue weighted by atomic mass is 10.2. The Morgan fingerprint density at radius 2 is 1.95 bits per heavy atom. The maximum Gasteiger partial charge on any atom is 0.284 e. The lowest BCUT2D eigenvalue weighted by Crippen LogP contribution is -2.16. The quantitative estimate of drug-likeness (QED) is 0.490. The highest BCUT2D eigenvalue weighted by atomic mass is 79.9. The SMILES string of the molecule is CC(=O)c1cccn1C(=O)c1cccc([N+](=O)[O-])c1Br.